The number of rotatable bonds is 2. The van der Waals surface area contributed by atoms with E-state index in [1.54, 1.807) is 9.80 Å². The number of benzene rings is 1. The fraction of sp³-hybridized carbons (Fsp3) is 0.556. The Morgan fingerprint density at radius 2 is 1.44 bits per heavy atom. The molecule has 25 heavy (non-hydrogen) atoms. The van der Waals surface area contributed by atoms with Crippen molar-refractivity contribution in [2.45, 2.75) is 37.6 Å². The molecule has 2 N–H and O–H groups in total. The van der Waals surface area contributed by atoms with Gasteiger partial charge in [0, 0.05) is 31.7 Å². The van der Waals surface area contributed by atoms with Gasteiger partial charge < -0.3 is 15.5 Å². The Labute approximate surface area is 153 Å². The molecule has 1 aromatic carbocycles. The Morgan fingerprint density at radius 3 is 2.00 bits per heavy atom. The van der Waals surface area contributed by atoms with Crippen molar-refractivity contribution in [1.29, 1.82) is 0 Å². The van der Waals surface area contributed by atoms with Gasteiger partial charge in [-0.1, -0.05) is 19.3 Å². The summed E-state index contributed by atoms with van der Waals surface area (Å²) >= 11 is 0. The molecule has 0 unspecified atom stereocenters. The van der Waals surface area contributed by atoms with E-state index in [0.717, 1.165) is 32.1 Å². The first-order valence-corrected chi connectivity index (χ1v) is 8.63. The minimum atomic E-state index is -0.721. The molecule has 138 valence electrons. The molecule has 1 saturated heterocycles. The summed E-state index contributed by atoms with van der Waals surface area (Å²) in [6, 6.07) is 5.56. The maximum absolute atomic E-state index is 13.0. The van der Waals surface area contributed by atoms with Crippen molar-refractivity contribution in [3.8, 4) is 0 Å². The molecule has 1 saturated carbocycles. The molecule has 7 heteroatoms. The fourth-order valence-electron chi connectivity index (χ4n) is 3.60. The highest BCUT2D eigenvalue weighted by molar-refractivity contribution is 5.94. The number of hydrogen-bond donors (Lipinski definition) is 1. The Morgan fingerprint density at radius 1 is 0.920 bits per heavy atom. The lowest BCUT2D eigenvalue weighted by Crippen LogP contribution is -2.60. The fourth-order valence-corrected chi connectivity index (χ4v) is 3.60. The second-order valence-electron chi connectivity index (χ2n) is 6.81. The standard InChI is InChI=1S/C18H24FN3O2.ClH/c19-15-6-4-14(5-7-15)16(23)21-10-12-22(13-11-21)17(24)18(20)8-2-1-3-9-18;/h4-7H,1-3,8-13,20H2;1H. The van der Waals surface area contributed by atoms with Gasteiger partial charge in [-0.2, -0.15) is 0 Å². The third kappa shape index (κ3) is 4.30. The van der Waals surface area contributed by atoms with Crippen LogP contribution in [0.1, 0.15) is 42.5 Å². The second kappa shape index (κ2) is 8.15. The Balaban J connectivity index is 0.00000225. The molecular weight excluding hydrogens is 345 g/mol. The van der Waals surface area contributed by atoms with Crippen LogP contribution in [0, 0.1) is 5.82 Å². The Kier molecular flexibility index (Phi) is 6.41. The average molecular weight is 370 g/mol. The number of carbonyl (C=O) groups excluding carboxylic acids is 2. The molecule has 0 spiro atoms. The van der Waals surface area contributed by atoms with Crippen LogP contribution in [0.4, 0.5) is 4.39 Å². The average Bonchev–Trinajstić information content (AvgIpc) is 2.62. The number of amides is 2. The molecule has 1 aliphatic heterocycles. The van der Waals surface area contributed by atoms with Crippen molar-refractivity contribution < 1.29 is 14.0 Å². The highest BCUT2D eigenvalue weighted by Crippen LogP contribution is 2.28. The summed E-state index contributed by atoms with van der Waals surface area (Å²) in [6.45, 7) is 1.98. The second-order valence-corrected chi connectivity index (χ2v) is 6.81. The van der Waals surface area contributed by atoms with Crippen molar-refractivity contribution in [2.75, 3.05) is 26.2 Å². The van der Waals surface area contributed by atoms with E-state index in [2.05, 4.69) is 0 Å². The van der Waals surface area contributed by atoms with Gasteiger partial charge in [-0.05, 0) is 37.1 Å². The SMILES string of the molecule is Cl.NC1(C(=O)N2CCN(C(=O)c3ccc(F)cc3)CC2)CCCCC1. The van der Waals surface area contributed by atoms with Crippen LogP contribution in [0.2, 0.25) is 0 Å². The molecule has 0 radical (unpaired) electrons. The summed E-state index contributed by atoms with van der Waals surface area (Å²) in [4.78, 5) is 28.6. The zero-order chi connectivity index (χ0) is 17.2. The highest BCUT2D eigenvalue weighted by atomic mass is 35.5. The van der Waals surface area contributed by atoms with Crippen molar-refractivity contribution >= 4 is 24.2 Å². The summed E-state index contributed by atoms with van der Waals surface area (Å²) in [5.41, 5.74) is 6.08. The minimum absolute atomic E-state index is 0. The number of nitrogens with zero attached hydrogens (tertiary/aromatic N) is 2. The Bertz CT molecular complexity index is 609. The van der Waals surface area contributed by atoms with E-state index in [0.29, 0.717) is 31.7 Å². The summed E-state index contributed by atoms with van der Waals surface area (Å²) in [5, 5.41) is 0. The van der Waals surface area contributed by atoms with E-state index >= 15 is 0 Å². The first-order valence-electron chi connectivity index (χ1n) is 8.63. The zero-order valence-electron chi connectivity index (χ0n) is 14.2. The Hall–Kier alpha value is -1.66. The van der Waals surface area contributed by atoms with E-state index < -0.39 is 5.54 Å². The molecule has 0 atom stereocenters. The number of halogens is 2. The molecule has 0 bridgehead atoms. The quantitative estimate of drug-likeness (QED) is 0.869. The third-order valence-corrected chi connectivity index (χ3v) is 5.12. The molecule has 0 aromatic heterocycles. The lowest BCUT2D eigenvalue weighted by Gasteiger charge is -2.41. The molecule has 1 heterocycles. The van der Waals surface area contributed by atoms with Gasteiger partial charge in [-0.25, -0.2) is 4.39 Å². The third-order valence-electron chi connectivity index (χ3n) is 5.12. The minimum Gasteiger partial charge on any atom is -0.338 e. The van der Waals surface area contributed by atoms with Crippen LogP contribution in [-0.4, -0.2) is 53.3 Å². The normalized spacial score (nSPS) is 19.9. The molecular formula is C18H25ClFN3O2. The zero-order valence-corrected chi connectivity index (χ0v) is 15.1. The van der Waals surface area contributed by atoms with Gasteiger partial charge in [-0.15, -0.1) is 12.4 Å². The summed E-state index contributed by atoms with van der Waals surface area (Å²) in [5.74, 6) is -0.457. The van der Waals surface area contributed by atoms with Gasteiger partial charge >= 0.3 is 0 Å². The first kappa shape index (κ1) is 19.7. The lowest BCUT2D eigenvalue weighted by molar-refractivity contribution is -0.139. The van der Waals surface area contributed by atoms with Gasteiger partial charge in [-0.3, -0.25) is 9.59 Å². The summed E-state index contributed by atoms with van der Waals surface area (Å²) in [6.07, 6.45) is 4.66. The molecule has 2 fully saturated rings. The van der Waals surface area contributed by atoms with E-state index in [4.69, 9.17) is 5.73 Å². The van der Waals surface area contributed by atoms with Gasteiger partial charge in [0.2, 0.25) is 5.91 Å². The number of hydrogen-bond acceptors (Lipinski definition) is 3. The van der Waals surface area contributed by atoms with E-state index in [1.165, 1.54) is 24.3 Å². The highest BCUT2D eigenvalue weighted by Gasteiger charge is 2.39. The van der Waals surface area contributed by atoms with E-state index in [1.807, 2.05) is 0 Å². The van der Waals surface area contributed by atoms with Crippen LogP contribution in [0.3, 0.4) is 0 Å². The molecule has 2 aliphatic rings. The van der Waals surface area contributed by atoms with E-state index in [9.17, 15) is 14.0 Å². The van der Waals surface area contributed by atoms with Crippen molar-refractivity contribution in [3.05, 3.63) is 35.6 Å². The number of piperazine rings is 1. The summed E-state index contributed by atoms with van der Waals surface area (Å²) in [7, 11) is 0. The van der Waals surface area contributed by atoms with Crippen LogP contribution < -0.4 is 5.73 Å². The number of carbonyl (C=O) groups is 2. The van der Waals surface area contributed by atoms with Crippen LogP contribution in [0.5, 0.6) is 0 Å². The first-order chi connectivity index (χ1) is 11.5. The monoisotopic (exact) mass is 369 g/mol. The summed E-state index contributed by atoms with van der Waals surface area (Å²) < 4.78 is 13.0. The van der Waals surface area contributed by atoms with Crippen molar-refractivity contribution in [2.24, 2.45) is 5.73 Å². The predicted octanol–water partition coefficient (Wildman–Crippen LogP) is 2.19. The van der Waals surface area contributed by atoms with Crippen LogP contribution in [0.25, 0.3) is 0 Å². The maximum Gasteiger partial charge on any atom is 0.253 e. The molecule has 1 aromatic rings. The van der Waals surface area contributed by atoms with Crippen LogP contribution in [-0.2, 0) is 4.79 Å². The van der Waals surface area contributed by atoms with Crippen LogP contribution in [0.15, 0.2) is 24.3 Å². The topological polar surface area (TPSA) is 66.6 Å². The van der Waals surface area contributed by atoms with Crippen LogP contribution >= 0.6 is 12.4 Å². The van der Waals surface area contributed by atoms with Gasteiger partial charge in [0.05, 0.1) is 5.54 Å². The molecule has 2 amide bonds. The van der Waals surface area contributed by atoms with Gasteiger partial charge in [0.15, 0.2) is 0 Å². The molecule has 3 rings (SSSR count). The molecule has 1 aliphatic carbocycles. The largest absolute Gasteiger partial charge is 0.338 e. The van der Waals surface area contributed by atoms with E-state index in [-0.39, 0.29) is 30.0 Å². The number of nitrogens with two attached hydrogens (primary N) is 1. The van der Waals surface area contributed by atoms with Crippen molar-refractivity contribution in [1.82, 2.24) is 9.80 Å². The van der Waals surface area contributed by atoms with Gasteiger partial charge in [0.1, 0.15) is 5.82 Å². The van der Waals surface area contributed by atoms with Crippen molar-refractivity contribution in [3.63, 3.8) is 0 Å². The lowest BCUT2D eigenvalue weighted by atomic mass is 9.81. The smallest absolute Gasteiger partial charge is 0.253 e. The predicted molar refractivity (Wildman–Crippen MR) is 96.1 cm³/mol. The van der Waals surface area contributed by atoms with Gasteiger partial charge in [0.25, 0.3) is 5.91 Å². The molecule has 5 nitrogen and oxygen atoms in total. The maximum atomic E-state index is 13.0.